The van der Waals surface area contributed by atoms with Gasteiger partial charge in [-0.15, -0.1) is 0 Å². The van der Waals surface area contributed by atoms with E-state index in [0.29, 0.717) is 5.75 Å². The number of rotatable bonds is 6. The van der Waals surface area contributed by atoms with Crippen LogP contribution in [0.4, 0.5) is 5.69 Å². The van der Waals surface area contributed by atoms with Gasteiger partial charge in [0.25, 0.3) is 0 Å². The smallest absolute Gasteiger partial charge is 0.360 e. The van der Waals surface area contributed by atoms with Gasteiger partial charge in [-0.2, -0.15) is 0 Å². The largest absolute Gasteiger partial charge is 0.469 e. The summed E-state index contributed by atoms with van der Waals surface area (Å²) in [6.07, 6.45) is -0.487. The van der Waals surface area contributed by atoms with E-state index < -0.39 is 35.5 Å². The van der Waals surface area contributed by atoms with Crippen molar-refractivity contribution in [3.63, 3.8) is 0 Å². The molecule has 10 nitrogen and oxygen atoms in total. The van der Waals surface area contributed by atoms with Crippen LogP contribution in [0.5, 0.6) is 5.75 Å². The van der Waals surface area contributed by atoms with Gasteiger partial charge < -0.3 is 29.3 Å². The van der Waals surface area contributed by atoms with Crippen molar-refractivity contribution in [3.05, 3.63) is 112 Å². The maximum absolute atomic E-state index is 13.9. The zero-order valence-corrected chi connectivity index (χ0v) is 25.2. The van der Waals surface area contributed by atoms with Crippen molar-refractivity contribution in [1.29, 1.82) is 0 Å². The number of aromatic nitrogens is 1. The van der Waals surface area contributed by atoms with E-state index in [1.165, 1.54) is 7.11 Å². The molecule has 2 N–H and O–H groups in total. The molecule has 1 unspecified atom stereocenters. The fourth-order valence-corrected chi connectivity index (χ4v) is 6.65. The fraction of sp³-hybridized carbons (Fsp3) is 0.314. The number of hydrogen-bond acceptors (Lipinski definition) is 9. The molecule has 0 fully saturated rings. The summed E-state index contributed by atoms with van der Waals surface area (Å²) in [6.45, 7) is 3.97. The van der Waals surface area contributed by atoms with Crippen LogP contribution in [0.3, 0.4) is 0 Å². The van der Waals surface area contributed by atoms with Crippen molar-refractivity contribution in [2.45, 2.75) is 51.0 Å². The molecule has 0 saturated carbocycles. The average molecular weight is 608 g/mol. The molecule has 0 saturated heterocycles. The molecule has 1 spiro atoms. The molecular weight excluding hydrogens is 574 g/mol. The molecule has 45 heavy (non-hydrogen) atoms. The van der Waals surface area contributed by atoms with Crippen molar-refractivity contribution in [2.24, 2.45) is 11.8 Å². The van der Waals surface area contributed by atoms with E-state index in [1.807, 2.05) is 86.6 Å². The Balaban J connectivity index is 1.36. The van der Waals surface area contributed by atoms with Crippen LogP contribution in [0.2, 0.25) is 0 Å². The van der Waals surface area contributed by atoms with Crippen molar-refractivity contribution >= 4 is 23.5 Å². The van der Waals surface area contributed by atoms with Gasteiger partial charge >= 0.3 is 11.9 Å². The van der Waals surface area contributed by atoms with Gasteiger partial charge in [-0.05, 0) is 41.2 Å². The number of benzene rings is 3. The highest BCUT2D eigenvalue weighted by Gasteiger charge is 2.61. The Morgan fingerprint density at radius 1 is 1.02 bits per heavy atom. The topological polar surface area (TPSA) is 129 Å². The third kappa shape index (κ3) is 4.72. The van der Waals surface area contributed by atoms with Crippen LogP contribution in [-0.4, -0.2) is 36.2 Å². The Morgan fingerprint density at radius 2 is 1.80 bits per heavy atom. The van der Waals surface area contributed by atoms with Gasteiger partial charge in [-0.25, -0.2) is 9.78 Å². The van der Waals surface area contributed by atoms with Crippen molar-refractivity contribution in [1.82, 2.24) is 10.3 Å². The van der Waals surface area contributed by atoms with Gasteiger partial charge in [0.15, 0.2) is 17.7 Å². The zero-order valence-electron chi connectivity index (χ0n) is 25.2. The van der Waals surface area contributed by atoms with Crippen LogP contribution >= 0.6 is 0 Å². The number of nitrogens with one attached hydrogen (secondary N) is 2. The van der Waals surface area contributed by atoms with E-state index in [1.54, 1.807) is 0 Å². The molecule has 4 atom stereocenters. The molecule has 1 amide bonds. The lowest BCUT2D eigenvalue weighted by atomic mass is 9.72. The molecule has 3 aliphatic heterocycles. The number of fused-ring (bicyclic) bond motifs is 4. The van der Waals surface area contributed by atoms with Crippen LogP contribution < -0.4 is 15.4 Å². The number of carbonyl (C=O) groups excluding carboxylic acids is 3. The first-order chi connectivity index (χ1) is 21.8. The van der Waals surface area contributed by atoms with Crippen molar-refractivity contribution < 1.29 is 33.0 Å². The van der Waals surface area contributed by atoms with Crippen LogP contribution in [-0.2, 0) is 37.5 Å². The minimum atomic E-state index is -1.08. The Hall–Kier alpha value is -5.12. The Morgan fingerprint density at radius 3 is 2.58 bits per heavy atom. The highest BCUT2D eigenvalue weighted by Crippen LogP contribution is 2.58. The summed E-state index contributed by atoms with van der Waals surface area (Å²) in [7, 11) is 1.30. The van der Waals surface area contributed by atoms with E-state index in [-0.39, 0.29) is 48.6 Å². The predicted molar refractivity (Wildman–Crippen MR) is 162 cm³/mol. The second-order valence-electron chi connectivity index (χ2n) is 12.0. The minimum absolute atomic E-state index is 0.0121. The lowest BCUT2D eigenvalue weighted by molar-refractivity contribution is -0.148. The molecule has 0 aliphatic carbocycles. The van der Waals surface area contributed by atoms with Crippen LogP contribution in [0, 0.1) is 11.8 Å². The zero-order chi connectivity index (χ0) is 31.3. The summed E-state index contributed by atoms with van der Waals surface area (Å²) in [5, 5.41) is 6.54. The van der Waals surface area contributed by atoms with E-state index in [0.717, 1.165) is 27.9 Å². The number of ether oxygens (including phenoxy) is 3. The maximum Gasteiger partial charge on any atom is 0.360 e. The molecule has 4 heterocycles. The molecule has 4 bridgehead atoms. The number of para-hydroxylation sites is 1. The first-order valence-electron chi connectivity index (χ1n) is 15.0. The number of oxazole rings is 1. The molecule has 7 rings (SSSR count). The van der Waals surface area contributed by atoms with Crippen LogP contribution in [0.15, 0.2) is 77.2 Å². The molecule has 0 radical (unpaired) electrons. The number of anilines is 1. The van der Waals surface area contributed by atoms with Crippen molar-refractivity contribution in [2.75, 3.05) is 12.4 Å². The summed E-state index contributed by atoms with van der Waals surface area (Å²) in [5.74, 6) is -1.34. The summed E-state index contributed by atoms with van der Waals surface area (Å²) < 4.78 is 23.8. The highest BCUT2D eigenvalue weighted by molar-refractivity contribution is 5.91. The first-order valence-corrected chi connectivity index (χ1v) is 15.0. The number of hydrogen-bond donors (Lipinski definition) is 2. The van der Waals surface area contributed by atoms with E-state index in [2.05, 4.69) is 15.6 Å². The standard InChI is InChI=1S/C35H33N3O7/c1-19(2)28-32-38-29(33(41)42-3)30(45-32)35-23-11-7-8-12-25(23)36-34(35)44-26-14-13-21(16-24(26)35)15-22(31(40)37-28)17-27(39)43-18-20-9-5-4-6-10-20/h4-14,16,19,22,28,34,36H,15,17-18H2,1-3H3,(H,37,40)/t22-,28+,34+,35?/m1/s1. The number of esters is 2. The second kappa shape index (κ2) is 11.1. The summed E-state index contributed by atoms with van der Waals surface area (Å²) >= 11 is 0. The predicted octanol–water partition coefficient (Wildman–Crippen LogP) is 5.06. The third-order valence-corrected chi connectivity index (χ3v) is 8.87. The van der Waals surface area contributed by atoms with Crippen LogP contribution in [0.25, 0.3) is 0 Å². The van der Waals surface area contributed by atoms with E-state index >= 15 is 0 Å². The fourth-order valence-electron chi connectivity index (χ4n) is 6.65. The highest BCUT2D eigenvalue weighted by atomic mass is 16.5. The normalized spacial score (nSPS) is 22.6. The van der Waals surface area contributed by atoms with Gasteiger partial charge in [-0.3, -0.25) is 9.59 Å². The minimum Gasteiger partial charge on any atom is -0.469 e. The Labute approximate surface area is 260 Å². The summed E-state index contributed by atoms with van der Waals surface area (Å²) in [5.41, 5.74) is 3.08. The van der Waals surface area contributed by atoms with Gasteiger partial charge in [0.1, 0.15) is 23.8 Å². The van der Waals surface area contributed by atoms with Gasteiger partial charge in [0.2, 0.25) is 11.8 Å². The molecule has 230 valence electrons. The number of methoxy groups -OCH3 is 1. The van der Waals surface area contributed by atoms with Crippen LogP contribution in [0.1, 0.15) is 70.7 Å². The summed E-state index contributed by atoms with van der Waals surface area (Å²) in [4.78, 5) is 45.0. The number of nitrogens with zero attached hydrogens (tertiary/aromatic N) is 1. The summed E-state index contributed by atoms with van der Waals surface area (Å²) in [6, 6.07) is 22.2. The number of carbonyl (C=O) groups is 3. The number of amides is 1. The van der Waals surface area contributed by atoms with E-state index in [9.17, 15) is 14.4 Å². The molecular formula is C35H33N3O7. The second-order valence-corrected chi connectivity index (χ2v) is 12.0. The van der Waals surface area contributed by atoms with Gasteiger partial charge in [0.05, 0.1) is 19.4 Å². The Kier molecular flexibility index (Phi) is 7.07. The average Bonchev–Trinajstić information content (AvgIpc) is 3.71. The molecule has 10 heteroatoms. The molecule has 3 aliphatic rings. The van der Waals surface area contributed by atoms with E-state index in [4.69, 9.17) is 18.6 Å². The monoisotopic (exact) mass is 607 g/mol. The molecule has 1 aromatic heterocycles. The van der Waals surface area contributed by atoms with Gasteiger partial charge in [-0.1, -0.05) is 74.5 Å². The van der Waals surface area contributed by atoms with Crippen molar-refractivity contribution in [3.8, 4) is 5.75 Å². The first kappa shape index (κ1) is 28.6. The lowest BCUT2D eigenvalue weighted by Gasteiger charge is -2.28. The maximum atomic E-state index is 13.9. The third-order valence-electron chi connectivity index (χ3n) is 8.87. The molecule has 3 aromatic carbocycles. The SMILES string of the molecule is COC(=O)c1nc2oc1C13c4ccccc4N[C@H]1Oc1ccc(cc13)C[C@H](CC(=O)OCc1ccccc1)C(=O)N[C@H]2C(C)C. The molecule has 4 aromatic rings. The van der Waals surface area contributed by atoms with Gasteiger partial charge in [0, 0.05) is 11.3 Å². The Bertz CT molecular complexity index is 1800. The lowest BCUT2D eigenvalue weighted by Crippen LogP contribution is -2.41. The quantitative estimate of drug-likeness (QED) is 0.289.